The van der Waals surface area contributed by atoms with Crippen LogP contribution in [0.2, 0.25) is 10.1 Å². The molecule has 0 saturated carbocycles. The molecule has 0 aromatic rings. The maximum Gasteiger partial charge on any atom is 0.349 e. The van der Waals surface area contributed by atoms with E-state index in [0.717, 1.165) is 0 Å². The van der Waals surface area contributed by atoms with Gasteiger partial charge in [0.1, 0.15) is 18.2 Å². The number of carbonyl (C=O) groups excluding carboxylic acids is 2. The second kappa shape index (κ2) is 8.83. The highest BCUT2D eigenvalue weighted by Gasteiger charge is 2.65. The van der Waals surface area contributed by atoms with E-state index in [1.807, 2.05) is 41.5 Å². The van der Waals surface area contributed by atoms with Gasteiger partial charge in [-0.15, -0.1) is 0 Å². The van der Waals surface area contributed by atoms with Crippen LogP contribution in [0.1, 0.15) is 55.4 Å². The normalized spacial score (nSPS) is 33.0. The molecule has 0 aliphatic carbocycles. The fourth-order valence-electron chi connectivity index (χ4n) is 4.46. The summed E-state index contributed by atoms with van der Waals surface area (Å²) < 4.78 is 40.2. The summed E-state index contributed by atoms with van der Waals surface area (Å²) in [4.78, 5) is 44.3. The number of amides is 1. The third-order valence-corrected chi connectivity index (χ3v) is 10.9. The van der Waals surface area contributed by atoms with E-state index >= 15 is 0 Å². The Morgan fingerprint density at radius 1 is 1.16 bits per heavy atom. The number of hydrogen-bond acceptors (Lipinski definition) is 9. The SMILES string of the molecule is CC(=O)NC1C(OP(=O)([O-])O)OC2CO[Si](C(C)(C)C)(C(C)(C)C)OC2C1OC(C)=O. The Bertz CT molecular complexity index is 729. The highest BCUT2D eigenvalue weighted by molar-refractivity contribution is 7.44. The zero-order valence-corrected chi connectivity index (χ0v) is 21.1. The van der Waals surface area contributed by atoms with Crippen LogP contribution in [-0.2, 0) is 37.0 Å². The summed E-state index contributed by atoms with van der Waals surface area (Å²) in [7, 11) is -8.26. The number of fused-ring (bicyclic) bond motifs is 1. The average molecular weight is 483 g/mol. The van der Waals surface area contributed by atoms with Gasteiger partial charge in [-0.25, -0.2) is 0 Å². The topological polar surface area (TPSA) is 153 Å². The second-order valence-electron chi connectivity index (χ2n) is 9.93. The van der Waals surface area contributed by atoms with Crippen molar-refractivity contribution >= 4 is 28.3 Å². The van der Waals surface area contributed by atoms with Crippen LogP contribution in [0.25, 0.3) is 0 Å². The molecule has 2 aliphatic heterocycles. The molecule has 31 heavy (non-hydrogen) atoms. The molecule has 0 radical (unpaired) electrons. The molecule has 0 bridgehead atoms. The average Bonchev–Trinajstić information content (AvgIpc) is 2.53. The number of esters is 1. The molecule has 0 aromatic heterocycles. The van der Waals surface area contributed by atoms with E-state index in [4.69, 9.17) is 18.3 Å². The highest BCUT2D eigenvalue weighted by atomic mass is 31.2. The lowest BCUT2D eigenvalue weighted by atomic mass is 9.96. The monoisotopic (exact) mass is 482 g/mol. The number of carbonyl (C=O) groups is 2. The van der Waals surface area contributed by atoms with E-state index in [2.05, 4.69) is 9.84 Å². The molecule has 11 nitrogen and oxygen atoms in total. The third-order valence-electron chi connectivity index (χ3n) is 5.28. The van der Waals surface area contributed by atoms with Gasteiger partial charge in [-0.1, -0.05) is 41.5 Å². The summed E-state index contributed by atoms with van der Waals surface area (Å²) >= 11 is 0. The molecular formula is C18H33NO10PSi-. The molecule has 2 saturated heterocycles. The van der Waals surface area contributed by atoms with Gasteiger partial charge in [-0.3, -0.25) is 18.7 Å². The molecule has 13 heteroatoms. The Morgan fingerprint density at radius 3 is 2.13 bits per heavy atom. The Kier molecular flexibility index (Phi) is 7.52. The van der Waals surface area contributed by atoms with Crippen molar-refractivity contribution in [3.63, 3.8) is 0 Å². The first-order valence-corrected chi connectivity index (χ1v) is 13.3. The maximum atomic E-state index is 11.9. The summed E-state index contributed by atoms with van der Waals surface area (Å²) in [5, 5.41) is 1.73. The third kappa shape index (κ3) is 5.74. The first-order valence-electron chi connectivity index (χ1n) is 10.0. The number of rotatable bonds is 4. The molecule has 6 unspecified atom stereocenters. The van der Waals surface area contributed by atoms with Crippen molar-refractivity contribution in [2.45, 2.75) is 96.1 Å². The predicted octanol–water partition coefficient (Wildman–Crippen LogP) is 1.08. The van der Waals surface area contributed by atoms with Crippen molar-refractivity contribution < 1.29 is 46.8 Å². The van der Waals surface area contributed by atoms with Crippen molar-refractivity contribution in [2.75, 3.05) is 6.61 Å². The fourth-order valence-corrected chi connectivity index (χ4v) is 9.86. The smallest absolute Gasteiger partial charge is 0.349 e. The van der Waals surface area contributed by atoms with E-state index in [-0.39, 0.29) is 16.7 Å². The number of ether oxygens (including phenoxy) is 2. The Hall–Kier alpha value is -0.853. The summed E-state index contributed by atoms with van der Waals surface area (Å²) in [6.07, 6.45) is -4.51. The lowest BCUT2D eigenvalue weighted by Crippen LogP contribution is -2.73. The van der Waals surface area contributed by atoms with Crippen molar-refractivity contribution in [1.82, 2.24) is 5.32 Å². The van der Waals surface area contributed by atoms with E-state index in [1.165, 1.54) is 13.8 Å². The molecular weight excluding hydrogens is 449 g/mol. The molecule has 2 rings (SSSR count). The van der Waals surface area contributed by atoms with Crippen LogP contribution in [0.3, 0.4) is 0 Å². The Labute approximate surface area is 183 Å². The molecule has 2 aliphatic rings. The number of nitrogens with one attached hydrogen (secondary N) is 1. The van der Waals surface area contributed by atoms with Crippen molar-refractivity contribution in [3.8, 4) is 0 Å². The fraction of sp³-hybridized carbons (Fsp3) is 0.889. The highest BCUT2D eigenvalue weighted by Crippen LogP contribution is 2.55. The largest absolute Gasteiger partial charge is 0.756 e. The van der Waals surface area contributed by atoms with E-state index in [1.54, 1.807) is 0 Å². The van der Waals surface area contributed by atoms with Crippen LogP contribution in [0.5, 0.6) is 0 Å². The van der Waals surface area contributed by atoms with Crippen LogP contribution in [0.15, 0.2) is 0 Å². The Morgan fingerprint density at radius 2 is 1.71 bits per heavy atom. The van der Waals surface area contributed by atoms with Gasteiger partial charge in [-0.05, 0) is 0 Å². The molecule has 2 fully saturated rings. The second-order valence-corrected chi connectivity index (χ2v) is 15.8. The minimum Gasteiger partial charge on any atom is -0.756 e. The Balaban J connectivity index is 2.53. The van der Waals surface area contributed by atoms with Gasteiger partial charge in [0.25, 0.3) is 7.82 Å². The summed E-state index contributed by atoms with van der Waals surface area (Å²) in [5.74, 6) is -1.21. The quantitative estimate of drug-likeness (QED) is 0.338. The van der Waals surface area contributed by atoms with Crippen LogP contribution >= 0.6 is 7.82 Å². The molecule has 180 valence electrons. The molecule has 2 N–H and O–H groups in total. The van der Waals surface area contributed by atoms with E-state index in [9.17, 15) is 23.9 Å². The zero-order chi connectivity index (χ0) is 24.0. The van der Waals surface area contributed by atoms with Crippen LogP contribution in [-0.4, -0.2) is 62.6 Å². The summed E-state index contributed by atoms with van der Waals surface area (Å²) in [5.41, 5.74) is 0. The molecule has 2 heterocycles. The lowest BCUT2D eigenvalue weighted by molar-refractivity contribution is -0.288. The van der Waals surface area contributed by atoms with Gasteiger partial charge in [0, 0.05) is 23.9 Å². The van der Waals surface area contributed by atoms with Crippen molar-refractivity contribution in [3.05, 3.63) is 0 Å². The maximum absolute atomic E-state index is 11.9. The summed E-state index contributed by atoms with van der Waals surface area (Å²) in [6, 6.07) is -1.25. The lowest BCUT2D eigenvalue weighted by Gasteiger charge is -2.58. The van der Waals surface area contributed by atoms with Crippen molar-refractivity contribution in [1.29, 1.82) is 0 Å². The van der Waals surface area contributed by atoms with E-state index in [0.29, 0.717) is 0 Å². The number of phosphoric acid groups is 1. The van der Waals surface area contributed by atoms with Gasteiger partial charge in [-0.2, -0.15) is 0 Å². The van der Waals surface area contributed by atoms with Gasteiger partial charge < -0.3 is 33.4 Å². The summed E-state index contributed by atoms with van der Waals surface area (Å²) in [6.45, 7) is 14.5. The van der Waals surface area contributed by atoms with Gasteiger partial charge in [0.05, 0.1) is 6.61 Å². The number of hydrogen-bond donors (Lipinski definition) is 2. The predicted molar refractivity (Wildman–Crippen MR) is 109 cm³/mol. The van der Waals surface area contributed by atoms with Crippen LogP contribution in [0.4, 0.5) is 0 Å². The molecule has 0 aromatic carbocycles. The molecule has 0 spiro atoms. The van der Waals surface area contributed by atoms with Crippen molar-refractivity contribution in [2.24, 2.45) is 0 Å². The van der Waals surface area contributed by atoms with Crippen LogP contribution < -0.4 is 10.2 Å². The molecule has 1 amide bonds. The van der Waals surface area contributed by atoms with E-state index < -0.39 is 58.9 Å². The van der Waals surface area contributed by atoms with Crippen LogP contribution in [0, 0.1) is 0 Å². The first-order chi connectivity index (χ1) is 13.9. The van der Waals surface area contributed by atoms with Gasteiger partial charge in [0.2, 0.25) is 5.91 Å². The zero-order valence-electron chi connectivity index (χ0n) is 19.2. The minimum absolute atomic E-state index is 0.0322. The minimum atomic E-state index is -5.24. The molecule has 6 atom stereocenters. The first kappa shape index (κ1) is 26.4. The number of phosphoric ester groups is 1. The van der Waals surface area contributed by atoms with Gasteiger partial charge >= 0.3 is 14.5 Å². The van der Waals surface area contributed by atoms with Gasteiger partial charge in [0.15, 0.2) is 12.4 Å². The standard InChI is InChI=1S/C18H34NO10PSi/c1-10(20)19-13-15(26-11(2)21)14-12(27-16(13)28-30(22,23)24)9-25-31(29-14,17(3,4)5)18(6,7)8/h12-16H,9H2,1-8H3,(H,19,20)(H2,22,23,24)/p-1.